The number of benzene rings is 8. The van der Waals surface area contributed by atoms with Gasteiger partial charge in [-0.25, -0.2) is 0 Å². The molecule has 188 valence electrons. The Morgan fingerprint density at radius 1 is 0.500 bits per heavy atom. The molecule has 1 nitrogen and oxygen atoms in total. The average molecular weight is 529 g/mol. The molecule has 8 aromatic carbocycles. The van der Waals surface area contributed by atoms with Gasteiger partial charge in [0.2, 0.25) is 0 Å². The van der Waals surface area contributed by atoms with Crippen LogP contribution in [0.3, 0.4) is 0 Å². The van der Waals surface area contributed by atoms with Gasteiger partial charge in [-0.3, -0.25) is 0 Å². The van der Waals surface area contributed by atoms with E-state index >= 15 is 4.57 Å². The summed E-state index contributed by atoms with van der Waals surface area (Å²) in [5.41, 5.74) is 1.04. The van der Waals surface area contributed by atoms with Gasteiger partial charge < -0.3 is 4.57 Å². The molecule has 0 fully saturated rings. The van der Waals surface area contributed by atoms with Crippen molar-refractivity contribution < 1.29 is 4.57 Å². The summed E-state index contributed by atoms with van der Waals surface area (Å²) < 4.78 is 16.1. The van der Waals surface area contributed by atoms with Crippen LogP contribution in [0, 0.1) is 0 Å². The van der Waals surface area contributed by atoms with Gasteiger partial charge in [0.15, 0.2) is 7.14 Å². The van der Waals surface area contributed by atoms with Crippen LogP contribution in [0.1, 0.15) is 5.56 Å². The summed E-state index contributed by atoms with van der Waals surface area (Å²) in [7, 11) is -3.33. The van der Waals surface area contributed by atoms with E-state index in [-0.39, 0.29) is 0 Å². The fraction of sp³-hybridized carbons (Fsp3) is 0. The maximum atomic E-state index is 16.1. The summed E-state index contributed by atoms with van der Waals surface area (Å²) in [5, 5.41) is 14.8. The lowest BCUT2D eigenvalue weighted by atomic mass is 9.94. The van der Waals surface area contributed by atoms with E-state index in [0.29, 0.717) is 0 Å². The molecule has 0 bridgehead atoms. The summed E-state index contributed by atoms with van der Waals surface area (Å²) in [6, 6.07) is 41.9. The summed E-state index contributed by atoms with van der Waals surface area (Å²) >= 11 is 0. The molecule has 1 unspecified atom stereocenters. The Bertz CT molecular complexity index is 2370. The van der Waals surface area contributed by atoms with Crippen molar-refractivity contribution in [2.75, 3.05) is 0 Å². The average Bonchev–Trinajstić information content (AvgIpc) is 3.01. The molecule has 0 aromatic heterocycles. The van der Waals surface area contributed by atoms with Crippen LogP contribution in [0.4, 0.5) is 0 Å². The Morgan fingerprint density at radius 2 is 1.02 bits per heavy atom. The minimum Gasteiger partial charge on any atom is -0.309 e. The van der Waals surface area contributed by atoms with Crippen LogP contribution in [-0.4, -0.2) is 0 Å². The molecule has 2 heteroatoms. The summed E-state index contributed by atoms with van der Waals surface area (Å²) in [4.78, 5) is 0. The second kappa shape index (κ2) is 8.39. The Balaban J connectivity index is 1.56. The van der Waals surface area contributed by atoms with E-state index in [4.69, 9.17) is 0 Å². The normalized spacial score (nSPS) is 13.5. The highest BCUT2D eigenvalue weighted by atomic mass is 31.2. The molecule has 0 saturated carbocycles. The Kier molecular flexibility index (Phi) is 4.87. The SMILES string of the molecule is C=Cc1ccc2c(P(=O)(c3ccccc3)c3ccc4ccc5cccc6ccc3c4c56)ccc3ccc(=C)c1c32. The molecular formula is C38H25OP. The van der Waals surface area contributed by atoms with Gasteiger partial charge in [-0.05, 0) is 76.8 Å². The Hall–Kier alpha value is -4.71. The maximum absolute atomic E-state index is 16.1. The summed E-state index contributed by atoms with van der Waals surface area (Å²) in [6.45, 7) is 8.39. The van der Waals surface area contributed by atoms with Crippen LogP contribution in [0.15, 0.2) is 128 Å². The molecule has 8 aromatic rings. The van der Waals surface area contributed by atoms with E-state index in [0.717, 1.165) is 59.0 Å². The van der Waals surface area contributed by atoms with E-state index in [2.05, 4.69) is 104 Å². The minimum absolute atomic E-state index is 0.833. The van der Waals surface area contributed by atoms with E-state index in [9.17, 15) is 0 Å². The van der Waals surface area contributed by atoms with Crippen molar-refractivity contribution in [1.29, 1.82) is 0 Å². The number of hydrogen-bond acceptors (Lipinski definition) is 1. The second-order valence-corrected chi connectivity index (χ2v) is 13.3. The third-order valence-corrected chi connectivity index (χ3v) is 11.7. The first-order valence-electron chi connectivity index (χ1n) is 13.5. The van der Waals surface area contributed by atoms with Gasteiger partial charge in [0, 0.05) is 15.9 Å². The first kappa shape index (κ1) is 23.2. The highest BCUT2D eigenvalue weighted by Crippen LogP contribution is 2.48. The molecule has 0 radical (unpaired) electrons. The topological polar surface area (TPSA) is 17.1 Å². The van der Waals surface area contributed by atoms with Crippen molar-refractivity contribution in [3.8, 4) is 0 Å². The molecule has 0 aliphatic rings. The van der Waals surface area contributed by atoms with E-state index in [1.807, 2.05) is 36.4 Å². The third kappa shape index (κ3) is 3.02. The van der Waals surface area contributed by atoms with Crippen molar-refractivity contribution >= 4 is 89.6 Å². The third-order valence-electron chi connectivity index (χ3n) is 8.53. The minimum atomic E-state index is -3.33. The van der Waals surface area contributed by atoms with Gasteiger partial charge in [0.05, 0.1) is 0 Å². The predicted molar refractivity (Wildman–Crippen MR) is 175 cm³/mol. The van der Waals surface area contributed by atoms with Crippen LogP contribution < -0.4 is 21.1 Å². The van der Waals surface area contributed by atoms with Gasteiger partial charge >= 0.3 is 0 Å². The lowest BCUT2D eigenvalue weighted by Crippen LogP contribution is -2.26. The maximum Gasteiger partial charge on any atom is 0.172 e. The van der Waals surface area contributed by atoms with Gasteiger partial charge in [0.1, 0.15) is 0 Å². The number of rotatable bonds is 4. The number of hydrogen-bond donors (Lipinski definition) is 0. The van der Waals surface area contributed by atoms with Crippen molar-refractivity contribution in [1.82, 2.24) is 0 Å². The van der Waals surface area contributed by atoms with E-state index in [1.165, 1.54) is 21.5 Å². The highest BCUT2D eigenvalue weighted by molar-refractivity contribution is 7.86. The van der Waals surface area contributed by atoms with Gasteiger partial charge in [-0.15, -0.1) is 0 Å². The smallest absolute Gasteiger partial charge is 0.172 e. The lowest BCUT2D eigenvalue weighted by Gasteiger charge is -2.25. The zero-order valence-electron chi connectivity index (χ0n) is 21.9. The van der Waals surface area contributed by atoms with Crippen molar-refractivity contribution in [2.45, 2.75) is 0 Å². The highest BCUT2D eigenvalue weighted by Gasteiger charge is 2.34. The second-order valence-electron chi connectivity index (χ2n) is 10.6. The zero-order chi connectivity index (χ0) is 27.0. The van der Waals surface area contributed by atoms with E-state index in [1.54, 1.807) is 0 Å². The quantitative estimate of drug-likeness (QED) is 0.166. The fourth-order valence-electron chi connectivity index (χ4n) is 6.72. The molecule has 0 aliphatic heterocycles. The molecule has 0 N–H and O–H groups in total. The molecule has 0 amide bonds. The standard InChI is InChI=1S/C38H25OP/c1-3-25-16-20-31-33(22-18-28-13-12-24(2)35(25)37(28)31)40(39,30-10-5-4-6-11-30)34-23-19-29-15-14-26-8-7-9-27-17-21-32(34)38(29)36(26)27/h3-23H,1-2H2. The van der Waals surface area contributed by atoms with Crippen LogP contribution in [0.2, 0.25) is 0 Å². The fourth-order valence-corrected chi connectivity index (χ4v) is 9.75. The monoisotopic (exact) mass is 528 g/mol. The molecule has 40 heavy (non-hydrogen) atoms. The summed E-state index contributed by atoms with van der Waals surface area (Å²) in [6.07, 6.45) is 1.88. The van der Waals surface area contributed by atoms with Crippen molar-refractivity contribution in [2.24, 2.45) is 0 Å². The molecule has 8 rings (SSSR count). The van der Waals surface area contributed by atoms with Crippen molar-refractivity contribution in [3.05, 3.63) is 139 Å². The van der Waals surface area contributed by atoms with Crippen LogP contribution in [0.25, 0.3) is 66.5 Å². The molecule has 0 saturated heterocycles. The Labute approximate surface area is 232 Å². The van der Waals surface area contributed by atoms with Gasteiger partial charge in [-0.2, -0.15) is 0 Å². The lowest BCUT2D eigenvalue weighted by molar-refractivity contribution is 0.593. The van der Waals surface area contributed by atoms with Crippen molar-refractivity contribution in [3.63, 3.8) is 0 Å². The van der Waals surface area contributed by atoms with E-state index < -0.39 is 7.14 Å². The largest absolute Gasteiger partial charge is 0.309 e. The Morgan fingerprint density at radius 3 is 1.68 bits per heavy atom. The van der Waals surface area contributed by atoms with Crippen LogP contribution in [-0.2, 0) is 4.57 Å². The molecule has 0 heterocycles. The molecule has 1 atom stereocenters. The molecule has 0 spiro atoms. The van der Waals surface area contributed by atoms with Gasteiger partial charge in [0.25, 0.3) is 0 Å². The summed E-state index contributed by atoms with van der Waals surface area (Å²) in [5.74, 6) is 0. The van der Waals surface area contributed by atoms with Crippen LogP contribution in [0.5, 0.6) is 0 Å². The predicted octanol–water partition coefficient (Wildman–Crippen LogP) is 8.30. The molecular weight excluding hydrogens is 503 g/mol. The molecule has 0 aliphatic carbocycles. The first-order chi connectivity index (χ1) is 19.6. The zero-order valence-corrected chi connectivity index (χ0v) is 22.8. The first-order valence-corrected chi connectivity index (χ1v) is 15.2. The van der Waals surface area contributed by atoms with Gasteiger partial charge in [-0.1, -0.05) is 128 Å². The van der Waals surface area contributed by atoms with Crippen LogP contribution >= 0.6 is 7.14 Å².